The smallest absolute Gasteiger partial charge is 0.248 e. The number of amides is 1. The normalized spacial score (nSPS) is 10.3. The lowest BCUT2D eigenvalue weighted by Gasteiger charge is -2.09. The molecule has 0 aliphatic heterocycles. The number of carbonyl (C=O) groups is 1. The summed E-state index contributed by atoms with van der Waals surface area (Å²) >= 11 is 1.58. The number of rotatable bonds is 4. The third-order valence-corrected chi connectivity index (χ3v) is 3.40. The predicted octanol–water partition coefficient (Wildman–Crippen LogP) is 1.74. The van der Waals surface area contributed by atoms with E-state index >= 15 is 0 Å². The number of hydrogen-bond donors (Lipinski definition) is 3. The van der Waals surface area contributed by atoms with Crippen LogP contribution in [0.4, 0.5) is 11.4 Å². The second kappa shape index (κ2) is 5.05. The van der Waals surface area contributed by atoms with Gasteiger partial charge in [0.25, 0.3) is 0 Å². The zero-order valence-electron chi connectivity index (χ0n) is 9.93. The standard InChI is InChI=1S/C12H14N4OS/c1-7-6-18-11(16-7)5-15-10-4-8(12(14)17)2-3-9(10)13/h2-4,6,15H,5,13H2,1H3,(H2,14,17). The van der Waals surface area contributed by atoms with Crippen molar-refractivity contribution in [3.8, 4) is 0 Å². The molecule has 0 spiro atoms. The fourth-order valence-electron chi connectivity index (χ4n) is 1.52. The van der Waals surface area contributed by atoms with Crippen LogP contribution >= 0.6 is 11.3 Å². The Kier molecular flexibility index (Phi) is 3.47. The molecule has 0 aliphatic rings. The van der Waals surface area contributed by atoms with Crippen LogP contribution in [0.5, 0.6) is 0 Å². The fraction of sp³-hybridized carbons (Fsp3) is 0.167. The Morgan fingerprint density at radius 1 is 1.50 bits per heavy atom. The average molecular weight is 262 g/mol. The lowest BCUT2D eigenvalue weighted by Crippen LogP contribution is -2.12. The Hall–Kier alpha value is -2.08. The number of nitrogens with one attached hydrogen (secondary N) is 1. The van der Waals surface area contributed by atoms with Crippen molar-refractivity contribution in [2.45, 2.75) is 13.5 Å². The molecule has 0 fully saturated rings. The van der Waals surface area contributed by atoms with Gasteiger partial charge in [0.2, 0.25) is 5.91 Å². The molecule has 2 rings (SSSR count). The van der Waals surface area contributed by atoms with Gasteiger partial charge in [-0.1, -0.05) is 0 Å². The van der Waals surface area contributed by atoms with Crippen molar-refractivity contribution < 1.29 is 4.79 Å². The highest BCUT2D eigenvalue weighted by atomic mass is 32.1. The molecule has 0 radical (unpaired) electrons. The van der Waals surface area contributed by atoms with Crippen LogP contribution in [0.25, 0.3) is 0 Å². The van der Waals surface area contributed by atoms with E-state index < -0.39 is 5.91 Å². The number of benzene rings is 1. The quantitative estimate of drug-likeness (QED) is 0.731. The third kappa shape index (κ3) is 2.78. The van der Waals surface area contributed by atoms with Crippen LogP contribution in [0.15, 0.2) is 23.6 Å². The van der Waals surface area contributed by atoms with E-state index in [0.29, 0.717) is 23.5 Å². The van der Waals surface area contributed by atoms with Gasteiger partial charge in [0.15, 0.2) is 0 Å². The lowest BCUT2D eigenvalue weighted by molar-refractivity contribution is 0.100. The molecule has 1 aromatic carbocycles. The number of thiazole rings is 1. The van der Waals surface area contributed by atoms with Gasteiger partial charge < -0.3 is 16.8 Å². The summed E-state index contributed by atoms with van der Waals surface area (Å²) in [5, 5.41) is 6.11. The zero-order chi connectivity index (χ0) is 13.1. The second-order valence-corrected chi connectivity index (χ2v) is 4.85. The molecule has 1 amide bonds. The van der Waals surface area contributed by atoms with Crippen LogP contribution in [0, 0.1) is 6.92 Å². The number of aryl methyl sites for hydroxylation is 1. The number of hydrogen-bond acceptors (Lipinski definition) is 5. The number of aromatic nitrogens is 1. The van der Waals surface area contributed by atoms with Gasteiger partial charge >= 0.3 is 0 Å². The van der Waals surface area contributed by atoms with E-state index in [-0.39, 0.29) is 0 Å². The minimum absolute atomic E-state index is 0.432. The highest BCUT2D eigenvalue weighted by molar-refractivity contribution is 7.09. The molecule has 0 saturated heterocycles. The summed E-state index contributed by atoms with van der Waals surface area (Å²) in [5.74, 6) is -0.469. The van der Waals surface area contributed by atoms with E-state index in [1.54, 1.807) is 29.5 Å². The van der Waals surface area contributed by atoms with E-state index in [9.17, 15) is 4.79 Å². The van der Waals surface area contributed by atoms with Gasteiger partial charge in [-0.2, -0.15) is 0 Å². The highest BCUT2D eigenvalue weighted by Crippen LogP contribution is 2.21. The number of carbonyl (C=O) groups excluding carboxylic acids is 1. The average Bonchev–Trinajstić information content (AvgIpc) is 2.74. The summed E-state index contributed by atoms with van der Waals surface area (Å²) in [5.41, 5.74) is 13.8. The fourth-order valence-corrected chi connectivity index (χ4v) is 2.23. The summed E-state index contributed by atoms with van der Waals surface area (Å²) in [4.78, 5) is 15.4. The Balaban J connectivity index is 2.13. The highest BCUT2D eigenvalue weighted by Gasteiger charge is 2.06. The second-order valence-electron chi connectivity index (χ2n) is 3.90. The molecule has 0 saturated carbocycles. The number of anilines is 2. The van der Waals surface area contributed by atoms with Gasteiger partial charge in [-0.3, -0.25) is 4.79 Å². The molecular formula is C12H14N4OS. The van der Waals surface area contributed by atoms with Crippen LogP contribution in [0.3, 0.4) is 0 Å². The topological polar surface area (TPSA) is 94.0 Å². The predicted molar refractivity (Wildman–Crippen MR) is 73.5 cm³/mol. The first-order valence-corrected chi connectivity index (χ1v) is 6.28. The number of nitrogens with two attached hydrogens (primary N) is 2. The molecule has 18 heavy (non-hydrogen) atoms. The first-order chi connectivity index (χ1) is 8.56. The van der Waals surface area contributed by atoms with Gasteiger partial charge in [-0.25, -0.2) is 4.98 Å². The number of nitrogens with zero attached hydrogens (tertiary/aromatic N) is 1. The molecule has 0 atom stereocenters. The van der Waals surface area contributed by atoms with E-state index in [0.717, 1.165) is 10.7 Å². The SMILES string of the molecule is Cc1csc(CNc2cc(C(N)=O)ccc2N)n1. The molecule has 6 heteroatoms. The van der Waals surface area contributed by atoms with Crippen molar-refractivity contribution in [2.24, 2.45) is 5.73 Å². The summed E-state index contributed by atoms with van der Waals surface area (Å²) in [6.07, 6.45) is 0. The van der Waals surface area contributed by atoms with Crippen molar-refractivity contribution in [3.63, 3.8) is 0 Å². The minimum Gasteiger partial charge on any atom is -0.397 e. The molecule has 1 aromatic heterocycles. The van der Waals surface area contributed by atoms with Gasteiger partial charge in [0.1, 0.15) is 5.01 Å². The van der Waals surface area contributed by atoms with Gasteiger partial charge in [0.05, 0.1) is 17.9 Å². The Labute approximate surface area is 109 Å². The van der Waals surface area contributed by atoms with Crippen molar-refractivity contribution >= 4 is 28.6 Å². The molecular weight excluding hydrogens is 248 g/mol. The lowest BCUT2D eigenvalue weighted by atomic mass is 10.1. The molecule has 0 bridgehead atoms. The van der Waals surface area contributed by atoms with Crippen LogP contribution < -0.4 is 16.8 Å². The molecule has 2 aromatic rings. The monoisotopic (exact) mass is 262 g/mol. The van der Waals surface area contributed by atoms with Crippen molar-refractivity contribution in [2.75, 3.05) is 11.1 Å². The molecule has 5 N–H and O–H groups in total. The Bertz CT molecular complexity index is 579. The van der Waals surface area contributed by atoms with Crippen LogP contribution in [-0.2, 0) is 6.54 Å². The molecule has 94 valence electrons. The van der Waals surface area contributed by atoms with E-state index in [4.69, 9.17) is 11.5 Å². The summed E-state index contributed by atoms with van der Waals surface area (Å²) in [7, 11) is 0. The van der Waals surface area contributed by atoms with Crippen LogP contribution in [0.2, 0.25) is 0 Å². The summed E-state index contributed by atoms with van der Waals surface area (Å²) < 4.78 is 0. The van der Waals surface area contributed by atoms with Gasteiger partial charge in [-0.15, -0.1) is 11.3 Å². The van der Waals surface area contributed by atoms with Crippen molar-refractivity contribution in [1.82, 2.24) is 4.98 Å². The van der Waals surface area contributed by atoms with Crippen LogP contribution in [0.1, 0.15) is 21.1 Å². The molecule has 5 nitrogen and oxygen atoms in total. The van der Waals surface area contributed by atoms with E-state index in [1.165, 1.54) is 0 Å². The number of primary amides is 1. The Morgan fingerprint density at radius 3 is 2.89 bits per heavy atom. The third-order valence-electron chi connectivity index (χ3n) is 2.43. The van der Waals surface area contributed by atoms with Crippen LogP contribution in [-0.4, -0.2) is 10.9 Å². The summed E-state index contributed by atoms with van der Waals surface area (Å²) in [6.45, 7) is 2.52. The first kappa shape index (κ1) is 12.4. The number of nitrogen functional groups attached to an aromatic ring is 1. The Morgan fingerprint density at radius 2 is 2.28 bits per heavy atom. The first-order valence-electron chi connectivity index (χ1n) is 5.40. The summed E-state index contributed by atoms with van der Waals surface area (Å²) in [6, 6.07) is 4.92. The molecule has 1 heterocycles. The maximum absolute atomic E-state index is 11.1. The van der Waals surface area contributed by atoms with Gasteiger partial charge in [0, 0.05) is 16.6 Å². The van der Waals surface area contributed by atoms with E-state index in [2.05, 4.69) is 10.3 Å². The zero-order valence-corrected chi connectivity index (χ0v) is 10.8. The van der Waals surface area contributed by atoms with Gasteiger partial charge in [-0.05, 0) is 25.1 Å². The largest absolute Gasteiger partial charge is 0.397 e. The maximum atomic E-state index is 11.1. The molecule has 0 aliphatic carbocycles. The van der Waals surface area contributed by atoms with E-state index in [1.807, 2.05) is 12.3 Å². The molecule has 0 unspecified atom stereocenters. The minimum atomic E-state index is -0.469. The maximum Gasteiger partial charge on any atom is 0.248 e. The van der Waals surface area contributed by atoms with Crippen molar-refractivity contribution in [1.29, 1.82) is 0 Å². The van der Waals surface area contributed by atoms with Crippen molar-refractivity contribution in [3.05, 3.63) is 39.8 Å².